The molecule has 6 nitrogen and oxygen atoms in total. The molecule has 0 saturated carbocycles. The number of nitrogens with one attached hydrogen (secondary N) is 2. The molecule has 2 N–H and O–H groups in total. The van der Waals surface area contributed by atoms with Gasteiger partial charge in [-0.1, -0.05) is 12.1 Å². The Labute approximate surface area is 158 Å². The molecule has 3 aromatic rings. The molecule has 0 atom stereocenters. The van der Waals surface area contributed by atoms with Gasteiger partial charge in [-0.25, -0.2) is 13.2 Å². The van der Waals surface area contributed by atoms with Gasteiger partial charge >= 0.3 is 0 Å². The molecule has 3 rings (SSSR count). The van der Waals surface area contributed by atoms with Gasteiger partial charge in [0.1, 0.15) is 5.75 Å². The minimum Gasteiger partial charge on any atom is -0.492 e. The van der Waals surface area contributed by atoms with Crippen LogP contribution in [-0.2, 0) is 0 Å². The molecule has 2 aromatic carbocycles. The Bertz CT molecular complexity index is 997. The number of rotatable bonds is 6. The van der Waals surface area contributed by atoms with Gasteiger partial charge in [0.05, 0.1) is 17.9 Å². The third-order valence-electron chi connectivity index (χ3n) is 3.64. The smallest absolute Gasteiger partial charge is 0.259 e. The summed E-state index contributed by atoms with van der Waals surface area (Å²) in [5, 5.41) is 13.0. The van der Waals surface area contributed by atoms with E-state index in [2.05, 4.69) is 20.8 Å². The lowest BCUT2D eigenvalue weighted by molar-refractivity contribution is 0.102. The van der Waals surface area contributed by atoms with E-state index in [9.17, 15) is 18.0 Å². The van der Waals surface area contributed by atoms with Crippen LogP contribution in [0.2, 0.25) is 0 Å². The quantitative estimate of drug-likeness (QED) is 0.616. The van der Waals surface area contributed by atoms with Gasteiger partial charge in [0, 0.05) is 0 Å². The monoisotopic (exact) mass is 388 g/mol. The number of amides is 1. The van der Waals surface area contributed by atoms with Gasteiger partial charge in [0.15, 0.2) is 29.1 Å². The fourth-order valence-corrected chi connectivity index (χ4v) is 2.34. The van der Waals surface area contributed by atoms with Gasteiger partial charge in [0.2, 0.25) is 0 Å². The number of hydrogen-bond donors (Lipinski definition) is 2. The summed E-state index contributed by atoms with van der Waals surface area (Å²) in [6.45, 7) is 2.36. The lowest BCUT2D eigenvalue weighted by atomic mass is 10.2. The Morgan fingerprint density at radius 3 is 2.39 bits per heavy atom. The maximum absolute atomic E-state index is 13.7. The second-order valence-corrected chi connectivity index (χ2v) is 5.54. The molecule has 0 saturated heterocycles. The fourth-order valence-electron chi connectivity index (χ4n) is 2.34. The number of carbonyl (C=O) groups is 1. The number of hydrogen-bond acceptors (Lipinski definition) is 5. The zero-order valence-electron chi connectivity index (χ0n) is 14.7. The maximum Gasteiger partial charge on any atom is 0.259 e. The van der Waals surface area contributed by atoms with E-state index in [0.29, 0.717) is 29.9 Å². The minimum absolute atomic E-state index is 0.0118. The second kappa shape index (κ2) is 8.38. The van der Waals surface area contributed by atoms with Crippen LogP contribution in [0.4, 0.5) is 30.5 Å². The predicted octanol–water partition coefficient (Wildman–Crippen LogP) is 4.29. The van der Waals surface area contributed by atoms with E-state index >= 15 is 0 Å². The first-order valence-corrected chi connectivity index (χ1v) is 8.27. The van der Waals surface area contributed by atoms with Crippen LogP contribution in [0.3, 0.4) is 0 Å². The van der Waals surface area contributed by atoms with Crippen molar-refractivity contribution in [2.45, 2.75) is 6.92 Å². The summed E-state index contributed by atoms with van der Waals surface area (Å²) in [4.78, 5) is 12.1. The summed E-state index contributed by atoms with van der Waals surface area (Å²) < 4.78 is 45.4. The van der Waals surface area contributed by atoms with Crippen molar-refractivity contribution in [1.82, 2.24) is 10.2 Å². The topological polar surface area (TPSA) is 76.1 Å². The van der Waals surface area contributed by atoms with Crippen LogP contribution < -0.4 is 15.4 Å². The van der Waals surface area contributed by atoms with Gasteiger partial charge in [-0.3, -0.25) is 4.79 Å². The second-order valence-electron chi connectivity index (χ2n) is 5.54. The van der Waals surface area contributed by atoms with Gasteiger partial charge < -0.3 is 15.4 Å². The Hall–Kier alpha value is -3.62. The van der Waals surface area contributed by atoms with Gasteiger partial charge in [-0.15, -0.1) is 10.2 Å². The first-order valence-electron chi connectivity index (χ1n) is 8.27. The van der Waals surface area contributed by atoms with Crippen LogP contribution in [-0.4, -0.2) is 22.7 Å². The molecular weight excluding hydrogens is 373 g/mol. The summed E-state index contributed by atoms with van der Waals surface area (Å²) >= 11 is 0. The molecule has 1 aromatic heterocycles. The molecule has 0 fully saturated rings. The van der Waals surface area contributed by atoms with Crippen molar-refractivity contribution < 1.29 is 22.7 Å². The largest absolute Gasteiger partial charge is 0.492 e. The number of anilines is 3. The molecule has 0 aliphatic carbocycles. The van der Waals surface area contributed by atoms with E-state index in [0.717, 1.165) is 6.07 Å². The number of halogens is 3. The van der Waals surface area contributed by atoms with Crippen LogP contribution in [0.5, 0.6) is 5.75 Å². The lowest BCUT2D eigenvalue weighted by Crippen LogP contribution is -2.16. The van der Waals surface area contributed by atoms with Crippen molar-refractivity contribution >= 4 is 23.2 Å². The number of aromatic nitrogens is 2. The number of benzene rings is 2. The first kappa shape index (κ1) is 19.2. The van der Waals surface area contributed by atoms with Crippen LogP contribution >= 0.6 is 0 Å². The van der Waals surface area contributed by atoms with Crippen molar-refractivity contribution in [3.8, 4) is 5.75 Å². The Balaban J connectivity index is 1.71. The number of ether oxygens (including phenoxy) is 1. The molecule has 0 spiro atoms. The van der Waals surface area contributed by atoms with Crippen molar-refractivity contribution in [2.75, 3.05) is 17.2 Å². The highest BCUT2D eigenvalue weighted by Crippen LogP contribution is 2.26. The Morgan fingerprint density at radius 2 is 1.68 bits per heavy atom. The molecule has 0 bridgehead atoms. The Kier molecular flexibility index (Phi) is 5.73. The van der Waals surface area contributed by atoms with E-state index in [-0.39, 0.29) is 5.82 Å². The molecule has 28 heavy (non-hydrogen) atoms. The van der Waals surface area contributed by atoms with Crippen molar-refractivity contribution in [3.05, 3.63) is 71.5 Å². The summed E-state index contributed by atoms with van der Waals surface area (Å²) in [5.41, 5.74) is 0.0350. The summed E-state index contributed by atoms with van der Waals surface area (Å²) in [6.07, 6.45) is 0. The van der Waals surface area contributed by atoms with E-state index in [1.54, 1.807) is 12.1 Å². The van der Waals surface area contributed by atoms with E-state index < -0.39 is 28.9 Å². The average Bonchev–Trinajstić information content (AvgIpc) is 2.69. The Morgan fingerprint density at radius 1 is 0.964 bits per heavy atom. The van der Waals surface area contributed by atoms with Crippen LogP contribution in [0.1, 0.15) is 17.3 Å². The van der Waals surface area contributed by atoms with Crippen molar-refractivity contribution in [1.29, 1.82) is 0 Å². The van der Waals surface area contributed by atoms with E-state index in [1.165, 1.54) is 12.1 Å². The minimum atomic E-state index is -1.72. The van der Waals surface area contributed by atoms with Crippen molar-refractivity contribution in [3.63, 3.8) is 0 Å². The number of para-hydroxylation sites is 2. The van der Waals surface area contributed by atoms with E-state index in [1.807, 2.05) is 19.1 Å². The molecular formula is C19H15F3N4O2. The number of nitrogens with zero attached hydrogens (tertiary/aromatic N) is 2. The molecule has 0 aliphatic heterocycles. The first-order chi connectivity index (χ1) is 13.5. The van der Waals surface area contributed by atoms with Crippen LogP contribution in [0.25, 0.3) is 0 Å². The summed E-state index contributed by atoms with van der Waals surface area (Å²) in [6, 6.07) is 11.7. The highest BCUT2D eigenvalue weighted by Gasteiger charge is 2.19. The highest BCUT2D eigenvalue weighted by molar-refractivity contribution is 6.03. The third-order valence-corrected chi connectivity index (χ3v) is 3.64. The van der Waals surface area contributed by atoms with Crippen LogP contribution in [0.15, 0.2) is 48.5 Å². The van der Waals surface area contributed by atoms with Crippen molar-refractivity contribution in [2.24, 2.45) is 0 Å². The zero-order valence-corrected chi connectivity index (χ0v) is 14.7. The molecule has 9 heteroatoms. The summed E-state index contributed by atoms with van der Waals surface area (Å²) in [7, 11) is 0. The highest BCUT2D eigenvalue weighted by atomic mass is 19.2. The number of carbonyl (C=O) groups excluding carboxylic acids is 1. The maximum atomic E-state index is 13.7. The standard InChI is InChI=1S/C19H15F3N4O2/c1-2-28-14-6-4-3-5-13(14)23-15-9-10-16(26-25-15)24-19(27)11-7-8-12(20)18(22)17(11)21/h3-10H,2H2,1H3,(H,23,25)(H,24,26,27). The SMILES string of the molecule is CCOc1ccccc1Nc1ccc(NC(=O)c2ccc(F)c(F)c2F)nn1. The molecule has 0 unspecified atom stereocenters. The fraction of sp³-hybridized carbons (Fsp3) is 0.105. The molecule has 1 heterocycles. The zero-order chi connectivity index (χ0) is 20.1. The van der Waals surface area contributed by atoms with Crippen LogP contribution in [0, 0.1) is 17.5 Å². The average molecular weight is 388 g/mol. The lowest BCUT2D eigenvalue weighted by Gasteiger charge is -2.11. The normalized spacial score (nSPS) is 10.4. The predicted molar refractivity (Wildman–Crippen MR) is 97.2 cm³/mol. The third kappa shape index (κ3) is 4.20. The van der Waals surface area contributed by atoms with E-state index in [4.69, 9.17) is 4.74 Å². The summed E-state index contributed by atoms with van der Waals surface area (Å²) in [5.74, 6) is -4.62. The van der Waals surface area contributed by atoms with Gasteiger partial charge in [0.25, 0.3) is 5.91 Å². The molecule has 1 amide bonds. The molecule has 144 valence electrons. The van der Waals surface area contributed by atoms with Gasteiger partial charge in [-0.2, -0.15) is 0 Å². The van der Waals surface area contributed by atoms with Gasteiger partial charge in [-0.05, 0) is 43.3 Å². The molecule has 0 aliphatic rings. The molecule has 0 radical (unpaired) electrons.